The third-order valence-corrected chi connectivity index (χ3v) is 1.51. The van der Waals surface area contributed by atoms with Crippen LogP contribution >= 0.6 is 0 Å². The van der Waals surface area contributed by atoms with Crippen LogP contribution in [0.5, 0.6) is 0 Å². The van der Waals surface area contributed by atoms with Gasteiger partial charge >= 0.3 is 0 Å². The maximum Gasteiger partial charge on any atom is 0.265 e. The molecule has 0 spiro atoms. The molecule has 0 atom stereocenters. The Hall–Kier alpha value is -1.90. The second-order valence-corrected chi connectivity index (χ2v) is 2.32. The average Bonchev–Trinajstić information content (AvgIpc) is 2.16. The lowest BCUT2D eigenvalue weighted by Gasteiger charge is -2.03. The van der Waals surface area contributed by atoms with Crippen molar-refractivity contribution >= 4 is 6.29 Å². The van der Waals surface area contributed by atoms with E-state index in [1.165, 1.54) is 6.07 Å². The Balaban J connectivity index is 3.49. The first-order valence-electron chi connectivity index (χ1n) is 3.44. The number of aldehydes is 1. The molecule has 0 saturated heterocycles. The van der Waals surface area contributed by atoms with Gasteiger partial charge in [0.15, 0.2) is 6.29 Å². The molecular formula is C8H3F3N2O. The fourth-order valence-corrected chi connectivity index (χ4v) is 0.931. The monoisotopic (exact) mass is 200 g/mol. The Morgan fingerprint density at radius 1 is 1.57 bits per heavy atom. The predicted molar refractivity (Wildman–Crippen MR) is 39.3 cm³/mol. The fourth-order valence-electron chi connectivity index (χ4n) is 0.931. The zero-order valence-electron chi connectivity index (χ0n) is 6.67. The van der Waals surface area contributed by atoms with E-state index in [9.17, 15) is 18.0 Å². The zero-order chi connectivity index (χ0) is 10.7. The maximum atomic E-state index is 12.6. The number of alkyl halides is 2. The Labute approximate surface area is 76.8 Å². The molecule has 0 N–H and O–H groups in total. The van der Waals surface area contributed by atoms with Gasteiger partial charge in [0.05, 0.1) is 5.56 Å². The van der Waals surface area contributed by atoms with Crippen molar-refractivity contribution < 1.29 is 18.0 Å². The number of hydrogen-bond donors (Lipinski definition) is 0. The molecule has 1 heterocycles. The van der Waals surface area contributed by atoms with E-state index in [0.717, 1.165) is 0 Å². The lowest BCUT2D eigenvalue weighted by atomic mass is 10.1. The summed E-state index contributed by atoms with van der Waals surface area (Å²) in [5.41, 5.74) is -2.01. The van der Waals surface area contributed by atoms with Gasteiger partial charge < -0.3 is 0 Å². The van der Waals surface area contributed by atoms with Gasteiger partial charge in [-0.1, -0.05) is 0 Å². The number of rotatable bonds is 2. The number of aromatic nitrogens is 1. The first kappa shape index (κ1) is 10.2. The van der Waals surface area contributed by atoms with Crippen molar-refractivity contribution in [3.8, 4) is 6.07 Å². The van der Waals surface area contributed by atoms with E-state index in [2.05, 4.69) is 4.98 Å². The molecule has 0 saturated carbocycles. The van der Waals surface area contributed by atoms with E-state index < -0.39 is 29.2 Å². The van der Waals surface area contributed by atoms with Gasteiger partial charge in [0.2, 0.25) is 5.95 Å². The van der Waals surface area contributed by atoms with Crippen LogP contribution in [0.2, 0.25) is 0 Å². The van der Waals surface area contributed by atoms with Gasteiger partial charge in [0.25, 0.3) is 6.43 Å². The van der Waals surface area contributed by atoms with Crippen LogP contribution in [-0.2, 0) is 0 Å². The van der Waals surface area contributed by atoms with Crippen LogP contribution in [0.15, 0.2) is 6.07 Å². The van der Waals surface area contributed by atoms with Gasteiger partial charge in [-0.05, 0) is 0 Å². The van der Waals surface area contributed by atoms with Gasteiger partial charge in [0.1, 0.15) is 11.8 Å². The molecule has 0 unspecified atom stereocenters. The number of nitriles is 1. The van der Waals surface area contributed by atoms with Crippen LogP contribution in [0.3, 0.4) is 0 Å². The minimum absolute atomic E-state index is 0.0630. The van der Waals surface area contributed by atoms with Gasteiger partial charge in [-0.15, -0.1) is 0 Å². The van der Waals surface area contributed by atoms with E-state index in [1.54, 1.807) is 0 Å². The summed E-state index contributed by atoms with van der Waals surface area (Å²) < 4.78 is 37.1. The first-order valence-corrected chi connectivity index (χ1v) is 3.44. The SMILES string of the molecule is N#Cc1c(C(F)F)cc(F)nc1C=O. The smallest absolute Gasteiger partial charge is 0.265 e. The molecule has 0 aliphatic rings. The fraction of sp³-hybridized carbons (Fsp3) is 0.125. The minimum atomic E-state index is -3.01. The molecule has 0 aromatic carbocycles. The number of hydrogen-bond acceptors (Lipinski definition) is 3. The molecule has 0 radical (unpaired) electrons. The highest BCUT2D eigenvalue weighted by Crippen LogP contribution is 2.24. The molecule has 1 aromatic heterocycles. The predicted octanol–water partition coefficient (Wildman–Crippen LogP) is 1.84. The second kappa shape index (κ2) is 3.87. The summed E-state index contributed by atoms with van der Waals surface area (Å²) >= 11 is 0. The van der Waals surface area contributed by atoms with Crippen LogP contribution < -0.4 is 0 Å². The van der Waals surface area contributed by atoms with E-state index >= 15 is 0 Å². The molecule has 72 valence electrons. The third kappa shape index (κ3) is 1.71. The van der Waals surface area contributed by atoms with Gasteiger partial charge in [-0.25, -0.2) is 13.8 Å². The third-order valence-electron chi connectivity index (χ3n) is 1.51. The van der Waals surface area contributed by atoms with Crippen molar-refractivity contribution in [1.29, 1.82) is 5.26 Å². The molecule has 14 heavy (non-hydrogen) atoms. The number of halogens is 3. The number of nitrogens with zero attached hydrogens (tertiary/aromatic N) is 2. The van der Waals surface area contributed by atoms with E-state index in [4.69, 9.17) is 5.26 Å². The Kier molecular flexibility index (Phi) is 2.82. The van der Waals surface area contributed by atoms with E-state index in [0.29, 0.717) is 6.07 Å². The van der Waals surface area contributed by atoms with Crippen molar-refractivity contribution in [2.75, 3.05) is 0 Å². The molecule has 6 heteroatoms. The van der Waals surface area contributed by atoms with Crippen molar-refractivity contribution in [2.24, 2.45) is 0 Å². The van der Waals surface area contributed by atoms with Gasteiger partial charge in [-0.3, -0.25) is 4.79 Å². The molecular weight excluding hydrogens is 197 g/mol. The molecule has 0 amide bonds. The second-order valence-electron chi connectivity index (χ2n) is 2.32. The average molecular weight is 200 g/mol. The highest BCUT2D eigenvalue weighted by atomic mass is 19.3. The summed E-state index contributed by atoms with van der Waals surface area (Å²) in [7, 11) is 0. The molecule has 0 bridgehead atoms. The van der Waals surface area contributed by atoms with Crippen LogP contribution in [0.4, 0.5) is 13.2 Å². The molecule has 0 fully saturated rings. The highest BCUT2D eigenvalue weighted by Gasteiger charge is 2.18. The number of carbonyl (C=O) groups is 1. The van der Waals surface area contributed by atoms with Crippen LogP contribution in [-0.4, -0.2) is 11.3 Å². The normalized spacial score (nSPS) is 9.93. The Morgan fingerprint density at radius 3 is 2.64 bits per heavy atom. The van der Waals surface area contributed by atoms with Crippen molar-refractivity contribution in [3.63, 3.8) is 0 Å². The van der Waals surface area contributed by atoms with E-state index in [-0.39, 0.29) is 6.29 Å². The summed E-state index contributed by atoms with van der Waals surface area (Å²) in [6, 6.07) is 1.82. The van der Waals surface area contributed by atoms with Crippen LogP contribution in [0.25, 0.3) is 0 Å². The van der Waals surface area contributed by atoms with Crippen molar-refractivity contribution in [2.45, 2.75) is 6.43 Å². The Bertz CT molecular complexity index is 412. The lowest BCUT2D eigenvalue weighted by Crippen LogP contribution is -2.02. The summed E-state index contributed by atoms with van der Waals surface area (Å²) in [4.78, 5) is 13.3. The summed E-state index contributed by atoms with van der Waals surface area (Å²) in [5, 5.41) is 8.47. The summed E-state index contributed by atoms with van der Waals surface area (Å²) in [6.07, 6.45) is -2.95. The number of pyridine rings is 1. The zero-order valence-corrected chi connectivity index (χ0v) is 6.67. The Morgan fingerprint density at radius 2 is 2.21 bits per heavy atom. The largest absolute Gasteiger partial charge is 0.296 e. The molecule has 3 nitrogen and oxygen atoms in total. The van der Waals surface area contributed by atoms with Crippen LogP contribution in [0, 0.1) is 17.3 Å². The maximum absolute atomic E-state index is 12.6. The summed E-state index contributed by atoms with van der Waals surface area (Å²) in [5.74, 6) is -1.21. The molecule has 0 aliphatic carbocycles. The highest BCUT2D eigenvalue weighted by molar-refractivity contribution is 5.77. The quantitative estimate of drug-likeness (QED) is 0.540. The van der Waals surface area contributed by atoms with Gasteiger partial charge in [0, 0.05) is 11.6 Å². The lowest BCUT2D eigenvalue weighted by molar-refractivity contribution is 0.111. The molecule has 1 rings (SSSR count). The topological polar surface area (TPSA) is 53.8 Å². The van der Waals surface area contributed by atoms with Gasteiger partial charge in [-0.2, -0.15) is 9.65 Å². The number of carbonyl (C=O) groups excluding carboxylic acids is 1. The molecule has 0 aliphatic heterocycles. The first-order chi connectivity index (χ1) is 6.60. The van der Waals surface area contributed by atoms with Crippen LogP contribution in [0.1, 0.15) is 28.0 Å². The van der Waals surface area contributed by atoms with Crippen molar-refractivity contribution in [1.82, 2.24) is 4.98 Å². The molecule has 1 aromatic rings. The summed E-state index contributed by atoms with van der Waals surface area (Å²) in [6.45, 7) is 0. The minimum Gasteiger partial charge on any atom is -0.296 e. The van der Waals surface area contributed by atoms with E-state index in [1.807, 2.05) is 0 Å². The standard InChI is InChI=1S/C8H3F3N2O/c9-7-1-4(8(10)11)5(2-12)6(3-14)13-7/h1,3,8H. The van der Waals surface area contributed by atoms with Crippen molar-refractivity contribution in [3.05, 3.63) is 28.8 Å².